The van der Waals surface area contributed by atoms with Crippen molar-refractivity contribution < 1.29 is 22.7 Å². The molecular formula is C21H22ClN3O5S. The first-order chi connectivity index (χ1) is 14.8. The number of anilines is 2. The van der Waals surface area contributed by atoms with Crippen molar-refractivity contribution in [3.8, 4) is 5.75 Å². The summed E-state index contributed by atoms with van der Waals surface area (Å²) >= 11 is 6.17. The molecule has 164 valence electrons. The minimum absolute atomic E-state index is 0.0751. The van der Waals surface area contributed by atoms with Crippen LogP contribution in [0.5, 0.6) is 5.75 Å². The van der Waals surface area contributed by atoms with Crippen LogP contribution in [0.4, 0.5) is 11.4 Å². The van der Waals surface area contributed by atoms with Gasteiger partial charge in [-0.3, -0.25) is 9.59 Å². The van der Waals surface area contributed by atoms with E-state index in [0.29, 0.717) is 5.69 Å². The smallest absolute Gasteiger partial charge is 0.262 e. The van der Waals surface area contributed by atoms with Gasteiger partial charge in [-0.1, -0.05) is 23.7 Å². The molecule has 2 aromatic carbocycles. The maximum atomic E-state index is 13.0. The lowest BCUT2D eigenvalue weighted by Crippen LogP contribution is -2.35. The molecule has 1 heterocycles. The summed E-state index contributed by atoms with van der Waals surface area (Å²) in [6.45, 7) is -0.592. The topological polar surface area (TPSA) is 105 Å². The zero-order valence-electron chi connectivity index (χ0n) is 16.9. The van der Waals surface area contributed by atoms with Gasteiger partial charge in [-0.05, 0) is 48.9 Å². The van der Waals surface area contributed by atoms with Gasteiger partial charge in [-0.25, -0.2) is 8.42 Å². The van der Waals surface area contributed by atoms with E-state index >= 15 is 0 Å². The molecule has 2 aromatic rings. The predicted molar refractivity (Wildman–Crippen MR) is 117 cm³/mol. The monoisotopic (exact) mass is 463 g/mol. The van der Waals surface area contributed by atoms with Crippen LogP contribution in [0.2, 0.25) is 5.02 Å². The maximum absolute atomic E-state index is 13.0. The number of aryl methyl sites for hydroxylation is 1. The van der Waals surface area contributed by atoms with Gasteiger partial charge in [0.25, 0.3) is 5.91 Å². The van der Waals surface area contributed by atoms with E-state index in [0.717, 1.165) is 41.2 Å². The summed E-state index contributed by atoms with van der Waals surface area (Å²) in [5.74, 6) is -0.588. The van der Waals surface area contributed by atoms with E-state index in [1.54, 1.807) is 0 Å². The van der Waals surface area contributed by atoms with Crippen molar-refractivity contribution in [1.82, 2.24) is 4.31 Å². The number of nitrogens with zero attached hydrogens (tertiary/aromatic N) is 1. The summed E-state index contributed by atoms with van der Waals surface area (Å²) in [6.07, 6.45) is 4.06. The Labute approximate surface area is 185 Å². The molecule has 31 heavy (non-hydrogen) atoms. The van der Waals surface area contributed by atoms with E-state index in [9.17, 15) is 18.0 Å². The molecule has 2 aliphatic rings. The Hall–Kier alpha value is -2.62. The summed E-state index contributed by atoms with van der Waals surface area (Å²) in [4.78, 5) is 23.9. The van der Waals surface area contributed by atoms with Gasteiger partial charge in [-0.2, -0.15) is 4.31 Å². The second kappa shape index (κ2) is 8.49. The predicted octanol–water partition coefficient (Wildman–Crippen LogP) is 2.81. The summed E-state index contributed by atoms with van der Waals surface area (Å²) in [5.41, 5.74) is 3.36. The third kappa shape index (κ3) is 4.39. The van der Waals surface area contributed by atoms with E-state index in [1.807, 2.05) is 12.1 Å². The van der Waals surface area contributed by atoms with Crippen molar-refractivity contribution in [2.45, 2.75) is 30.6 Å². The largest absolute Gasteiger partial charge is 0.482 e. The minimum atomic E-state index is -4.07. The third-order valence-electron chi connectivity index (χ3n) is 5.39. The number of likely N-dealkylation sites (N-methyl/N-ethyl adjacent to an activating group) is 1. The Morgan fingerprint density at radius 2 is 2.03 bits per heavy atom. The summed E-state index contributed by atoms with van der Waals surface area (Å²) in [5, 5.41) is 5.34. The van der Waals surface area contributed by atoms with E-state index < -0.39 is 15.9 Å². The van der Waals surface area contributed by atoms with Gasteiger partial charge in [0.1, 0.15) is 10.6 Å². The fourth-order valence-corrected chi connectivity index (χ4v) is 5.46. The number of rotatable bonds is 5. The molecule has 0 fully saturated rings. The molecule has 8 nitrogen and oxygen atoms in total. The number of amides is 2. The van der Waals surface area contributed by atoms with Crippen LogP contribution >= 0.6 is 11.6 Å². The number of hydrogen-bond acceptors (Lipinski definition) is 5. The summed E-state index contributed by atoms with van der Waals surface area (Å²) in [6, 6.07) is 8.37. The van der Waals surface area contributed by atoms with Crippen LogP contribution in [0.25, 0.3) is 0 Å². The Balaban J connectivity index is 1.51. The Bertz CT molecular complexity index is 1170. The molecule has 4 rings (SSSR count). The molecule has 1 aliphatic carbocycles. The highest BCUT2D eigenvalue weighted by Crippen LogP contribution is 2.36. The SMILES string of the molecule is CN(CC(=O)Nc1cccc2c1CCCC2)S(=O)(=O)c1cc2c(cc1Cl)NC(=O)CO2. The van der Waals surface area contributed by atoms with E-state index in [4.69, 9.17) is 16.3 Å². The number of halogens is 1. The maximum Gasteiger partial charge on any atom is 0.262 e. The van der Waals surface area contributed by atoms with Crippen LogP contribution in [0, 0.1) is 0 Å². The number of carbonyl (C=O) groups is 2. The molecule has 0 spiro atoms. The van der Waals surface area contributed by atoms with Crippen LogP contribution in [-0.2, 0) is 32.5 Å². The highest BCUT2D eigenvalue weighted by Gasteiger charge is 2.29. The van der Waals surface area contributed by atoms with Crippen LogP contribution in [0.1, 0.15) is 24.0 Å². The van der Waals surface area contributed by atoms with Crippen molar-refractivity contribution in [3.05, 3.63) is 46.5 Å². The van der Waals surface area contributed by atoms with Crippen LogP contribution in [0.15, 0.2) is 35.2 Å². The molecule has 0 atom stereocenters. The number of carbonyl (C=O) groups excluding carboxylic acids is 2. The molecule has 0 aromatic heterocycles. The summed E-state index contributed by atoms with van der Waals surface area (Å²) < 4.78 is 32.3. The van der Waals surface area contributed by atoms with E-state index in [2.05, 4.69) is 16.7 Å². The molecule has 1 aliphatic heterocycles. The van der Waals surface area contributed by atoms with Gasteiger partial charge in [-0.15, -0.1) is 0 Å². The summed E-state index contributed by atoms with van der Waals surface area (Å²) in [7, 11) is -2.76. The number of fused-ring (bicyclic) bond motifs is 2. The molecule has 0 saturated carbocycles. The molecule has 0 unspecified atom stereocenters. The van der Waals surface area contributed by atoms with Gasteiger partial charge in [0.05, 0.1) is 17.3 Å². The van der Waals surface area contributed by atoms with Crippen LogP contribution in [0.3, 0.4) is 0 Å². The van der Waals surface area contributed by atoms with Crippen molar-refractivity contribution in [1.29, 1.82) is 0 Å². The normalized spacial score (nSPS) is 15.5. The molecule has 2 N–H and O–H groups in total. The zero-order chi connectivity index (χ0) is 22.2. The van der Waals surface area contributed by atoms with Crippen molar-refractivity contribution in [2.75, 3.05) is 30.8 Å². The molecule has 10 heteroatoms. The lowest BCUT2D eigenvalue weighted by molar-refractivity contribution is -0.118. The fourth-order valence-electron chi connectivity index (χ4n) is 3.82. The van der Waals surface area contributed by atoms with Gasteiger partial charge >= 0.3 is 0 Å². The number of sulfonamides is 1. The minimum Gasteiger partial charge on any atom is -0.482 e. The van der Waals surface area contributed by atoms with Gasteiger partial charge in [0.2, 0.25) is 15.9 Å². The van der Waals surface area contributed by atoms with Crippen LogP contribution < -0.4 is 15.4 Å². The molecular weight excluding hydrogens is 442 g/mol. The zero-order valence-corrected chi connectivity index (χ0v) is 18.5. The molecule has 0 radical (unpaired) electrons. The van der Waals surface area contributed by atoms with E-state index in [-0.39, 0.29) is 34.7 Å². The highest BCUT2D eigenvalue weighted by atomic mass is 35.5. The number of benzene rings is 2. The average molecular weight is 464 g/mol. The number of nitrogens with one attached hydrogen (secondary N) is 2. The van der Waals surface area contributed by atoms with Gasteiger partial charge < -0.3 is 15.4 Å². The van der Waals surface area contributed by atoms with Crippen molar-refractivity contribution >= 4 is 44.8 Å². The van der Waals surface area contributed by atoms with Gasteiger partial charge in [0.15, 0.2) is 6.61 Å². The van der Waals surface area contributed by atoms with Crippen molar-refractivity contribution in [3.63, 3.8) is 0 Å². The Morgan fingerprint density at radius 3 is 2.84 bits per heavy atom. The lowest BCUT2D eigenvalue weighted by Gasteiger charge is -2.23. The molecule has 0 bridgehead atoms. The Morgan fingerprint density at radius 1 is 1.26 bits per heavy atom. The van der Waals surface area contributed by atoms with E-state index in [1.165, 1.54) is 24.7 Å². The molecule has 2 amide bonds. The molecule has 0 saturated heterocycles. The quantitative estimate of drug-likeness (QED) is 0.709. The lowest BCUT2D eigenvalue weighted by atomic mass is 9.90. The second-order valence-corrected chi connectivity index (χ2v) is 10.00. The number of ether oxygens (including phenoxy) is 1. The first-order valence-corrected chi connectivity index (χ1v) is 11.7. The average Bonchev–Trinajstić information content (AvgIpc) is 2.73. The first-order valence-electron chi connectivity index (χ1n) is 9.89. The van der Waals surface area contributed by atoms with Crippen LogP contribution in [-0.4, -0.2) is 44.7 Å². The first kappa shape index (κ1) is 21.6. The third-order valence-corrected chi connectivity index (χ3v) is 7.66. The standard InChI is InChI=1S/C21H22ClN3O5S/c1-25(11-20(26)23-16-8-4-6-13-5-2-3-7-14(13)16)31(28,29)19-10-18-17(9-15(19)22)24-21(27)12-30-18/h4,6,8-10H,2-3,5,7,11-12H2,1H3,(H,23,26)(H,24,27). The Kier molecular flexibility index (Phi) is 5.92. The highest BCUT2D eigenvalue weighted by molar-refractivity contribution is 7.89. The second-order valence-electron chi connectivity index (χ2n) is 7.58. The fraction of sp³-hybridized carbons (Fsp3) is 0.333. The van der Waals surface area contributed by atoms with Crippen molar-refractivity contribution in [2.24, 2.45) is 0 Å². The van der Waals surface area contributed by atoms with Gasteiger partial charge in [0, 0.05) is 18.8 Å². The number of hydrogen-bond donors (Lipinski definition) is 2.